The molecule has 0 bridgehead atoms. The molecule has 12 nitrogen and oxygen atoms in total. The van der Waals surface area contributed by atoms with Crippen LogP contribution in [0, 0.1) is 10.8 Å². The number of hydrogen-bond acceptors (Lipinski definition) is 12. The van der Waals surface area contributed by atoms with Crippen LogP contribution in [0.5, 0.6) is 0 Å². The van der Waals surface area contributed by atoms with Crippen LogP contribution < -0.4 is 88.7 Å². The second-order valence-corrected chi connectivity index (χ2v) is 8.70. The number of hydrogen-bond donors (Lipinski definition) is 0. The monoisotopic (exact) mass is 468 g/mol. The molecule has 0 heterocycles. The van der Waals surface area contributed by atoms with Gasteiger partial charge in [0.2, 0.25) is 31.2 Å². The van der Waals surface area contributed by atoms with Gasteiger partial charge >= 0.3 is 88.7 Å². The molecule has 0 aromatic heterocycles. The van der Waals surface area contributed by atoms with Crippen molar-refractivity contribution < 1.29 is 140 Å². The quantitative estimate of drug-likeness (QED) is 0.176. The van der Waals surface area contributed by atoms with Gasteiger partial charge in [0.05, 0.1) is 19.8 Å². The minimum atomic E-state index is -5.24. The van der Waals surface area contributed by atoms with Crippen LogP contribution in [0.4, 0.5) is 0 Å². The van der Waals surface area contributed by atoms with E-state index in [0.29, 0.717) is 0 Å². The molecule has 0 aliphatic heterocycles. The molecule has 18 heteroatoms. The van der Waals surface area contributed by atoms with Crippen molar-refractivity contribution in [2.24, 2.45) is 10.8 Å². The zero-order valence-corrected chi connectivity index (χ0v) is 23.7. The molecular formula is C8H15Na3O12S3. The standard InChI is InChI=1S/C8H18O12S3.3Na/c1-7(2,3)8(4-18-21(9,10)11,5-19-22(12,13)14)6-20-23(15,16)17;;;/h4-6H2,1-3H3,(H,9,10,11)(H,12,13,14)(H,15,16,17);;;/q;3*+1/p-3. The zero-order valence-electron chi connectivity index (χ0n) is 15.2. The first-order valence-electron chi connectivity index (χ1n) is 5.68. The zero-order chi connectivity index (χ0) is 18.7. The van der Waals surface area contributed by atoms with Crippen molar-refractivity contribution in [2.75, 3.05) is 19.8 Å². The van der Waals surface area contributed by atoms with Gasteiger partial charge in [0.1, 0.15) is 0 Å². The van der Waals surface area contributed by atoms with E-state index < -0.39 is 61.8 Å². The average molecular weight is 468 g/mol. The smallest absolute Gasteiger partial charge is 0.726 e. The van der Waals surface area contributed by atoms with Crippen molar-refractivity contribution in [1.29, 1.82) is 0 Å². The molecule has 140 valence electrons. The molecule has 0 amide bonds. The fourth-order valence-electron chi connectivity index (χ4n) is 1.33. The summed E-state index contributed by atoms with van der Waals surface area (Å²) in [5.41, 5.74) is -3.16. The largest absolute Gasteiger partial charge is 1.00 e. The summed E-state index contributed by atoms with van der Waals surface area (Å²) < 4.78 is 107. The first-order chi connectivity index (χ1) is 9.87. The Bertz CT molecular complexity index is 621. The van der Waals surface area contributed by atoms with E-state index in [1.807, 2.05) is 0 Å². The number of rotatable bonds is 9. The van der Waals surface area contributed by atoms with Crippen LogP contribution in [-0.2, 0) is 43.7 Å². The van der Waals surface area contributed by atoms with E-state index in [1.54, 1.807) is 0 Å². The molecule has 0 aliphatic rings. The molecule has 0 fully saturated rings. The maximum Gasteiger partial charge on any atom is 1.00 e. The molecule has 0 saturated carbocycles. The summed E-state index contributed by atoms with van der Waals surface area (Å²) >= 11 is 0. The van der Waals surface area contributed by atoms with Crippen LogP contribution in [0.15, 0.2) is 0 Å². The van der Waals surface area contributed by atoms with Gasteiger partial charge < -0.3 is 13.7 Å². The van der Waals surface area contributed by atoms with Gasteiger partial charge in [-0.2, -0.15) is 0 Å². The Balaban J connectivity index is -0.000000807. The van der Waals surface area contributed by atoms with Crippen LogP contribution in [-0.4, -0.2) is 58.7 Å². The Morgan fingerprint density at radius 1 is 0.615 bits per heavy atom. The minimum Gasteiger partial charge on any atom is -0.726 e. The molecule has 0 spiro atoms. The van der Waals surface area contributed by atoms with Crippen molar-refractivity contribution >= 4 is 31.2 Å². The summed E-state index contributed by atoms with van der Waals surface area (Å²) in [7, 11) is -15.7. The normalized spacial score (nSPS) is 13.2. The van der Waals surface area contributed by atoms with Gasteiger partial charge in [-0.1, -0.05) is 20.8 Å². The molecular weight excluding hydrogens is 453 g/mol. The van der Waals surface area contributed by atoms with Gasteiger partial charge in [-0.3, -0.25) is 12.5 Å². The van der Waals surface area contributed by atoms with Gasteiger partial charge in [0.25, 0.3) is 0 Å². The third kappa shape index (κ3) is 16.4. The maximum absolute atomic E-state index is 10.6. The van der Waals surface area contributed by atoms with E-state index in [-0.39, 0.29) is 88.7 Å². The summed E-state index contributed by atoms with van der Waals surface area (Å²) in [5, 5.41) is 0. The summed E-state index contributed by atoms with van der Waals surface area (Å²) in [4.78, 5) is 0. The molecule has 0 radical (unpaired) electrons. The molecule has 0 aromatic carbocycles. The molecule has 0 saturated heterocycles. The van der Waals surface area contributed by atoms with Crippen LogP contribution in [0.25, 0.3) is 0 Å². The summed E-state index contributed by atoms with van der Waals surface area (Å²) in [6.45, 7) is 0.800. The summed E-state index contributed by atoms with van der Waals surface area (Å²) in [6.07, 6.45) is 0. The van der Waals surface area contributed by atoms with Crippen LogP contribution >= 0.6 is 0 Å². The average Bonchev–Trinajstić information content (AvgIpc) is 2.22. The van der Waals surface area contributed by atoms with Crippen molar-refractivity contribution in [3.05, 3.63) is 0 Å². The Morgan fingerprint density at radius 3 is 0.923 bits per heavy atom. The first-order valence-corrected chi connectivity index (χ1v) is 9.68. The molecule has 0 unspecified atom stereocenters. The van der Waals surface area contributed by atoms with Gasteiger partial charge in [0.15, 0.2) is 0 Å². The molecule has 0 rings (SSSR count). The third-order valence-electron chi connectivity index (χ3n) is 3.03. The Hall–Kier alpha value is 2.61. The Morgan fingerprint density at radius 2 is 0.808 bits per heavy atom. The Kier molecular flexibility index (Phi) is 18.2. The third-order valence-corrected chi connectivity index (χ3v) is 4.25. The van der Waals surface area contributed by atoms with Crippen molar-refractivity contribution in [2.45, 2.75) is 20.8 Å². The second-order valence-electron chi connectivity index (χ2n) is 5.54. The van der Waals surface area contributed by atoms with Gasteiger partial charge in [-0.15, -0.1) is 0 Å². The summed E-state index contributed by atoms with van der Waals surface area (Å²) in [6, 6.07) is 0. The fraction of sp³-hybridized carbons (Fsp3) is 1.00. The first kappa shape index (κ1) is 36.0. The maximum atomic E-state index is 10.6. The van der Waals surface area contributed by atoms with Crippen LogP contribution in [0.3, 0.4) is 0 Å². The van der Waals surface area contributed by atoms with Gasteiger partial charge in [-0.05, 0) is 5.41 Å². The minimum absolute atomic E-state index is 0. The van der Waals surface area contributed by atoms with E-state index in [2.05, 4.69) is 12.5 Å². The van der Waals surface area contributed by atoms with Crippen molar-refractivity contribution in [1.82, 2.24) is 0 Å². The van der Waals surface area contributed by atoms with E-state index in [0.717, 1.165) is 0 Å². The van der Waals surface area contributed by atoms with E-state index in [1.165, 1.54) is 20.8 Å². The van der Waals surface area contributed by atoms with Crippen molar-refractivity contribution in [3.63, 3.8) is 0 Å². The predicted octanol–water partition coefficient (Wildman–Crippen LogP) is -10.5. The Labute approximate surface area is 219 Å². The second kappa shape index (κ2) is 13.1. The molecule has 0 atom stereocenters. The predicted molar refractivity (Wildman–Crippen MR) is 68.8 cm³/mol. The van der Waals surface area contributed by atoms with Crippen molar-refractivity contribution in [3.8, 4) is 0 Å². The van der Waals surface area contributed by atoms with E-state index >= 15 is 0 Å². The fourth-order valence-corrected chi connectivity index (χ4v) is 2.44. The van der Waals surface area contributed by atoms with Crippen LogP contribution in [0.1, 0.15) is 20.8 Å². The SMILES string of the molecule is CC(C)(C)C(COS(=O)(=O)[O-])(COS(=O)(=O)[O-])COS(=O)(=O)[O-].[Na+].[Na+].[Na+]. The topological polar surface area (TPSA) is 199 Å². The van der Waals surface area contributed by atoms with Gasteiger partial charge in [0, 0.05) is 5.41 Å². The van der Waals surface area contributed by atoms with Crippen LogP contribution in [0.2, 0.25) is 0 Å². The van der Waals surface area contributed by atoms with Gasteiger partial charge in [-0.25, -0.2) is 25.3 Å². The summed E-state index contributed by atoms with van der Waals surface area (Å²) in [5.74, 6) is 0. The molecule has 0 aromatic rings. The molecule has 0 N–H and O–H groups in total. The van der Waals surface area contributed by atoms with E-state index in [9.17, 15) is 38.9 Å². The van der Waals surface area contributed by atoms with E-state index in [4.69, 9.17) is 0 Å². The molecule has 0 aliphatic carbocycles. The molecule has 26 heavy (non-hydrogen) atoms.